The number of hydrogen-bond acceptors (Lipinski definition) is 2. The average molecular weight is 278 g/mol. The Hall–Kier alpha value is -1.09. The van der Waals surface area contributed by atoms with Gasteiger partial charge in [-0.2, -0.15) is 0 Å². The van der Waals surface area contributed by atoms with Crippen molar-refractivity contribution in [1.29, 1.82) is 0 Å². The number of halogens is 1. The van der Waals surface area contributed by atoms with E-state index in [9.17, 15) is 4.39 Å². The number of nitrogens with two attached hydrogens (primary N) is 1. The van der Waals surface area contributed by atoms with E-state index < -0.39 is 0 Å². The number of piperidine rings is 1. The van der Waals surface area contributed by atoms with Crippen molar-refractivity contribution in [2.75, 3.05) is 18.0 Å². The predicted octanol–water partition coefficient (Wildman–Crippen LogP) is 3.73. The molecule has 3 heteroatoms. The molecular formula is C17H27FN2. The first-order chi connectivity index (χ1) is 9.43. The van der Waals surface area contributed by atoms with E-state index in [1.807, 2.05) is 12.1 Å². The van der Waals surface area contributed by atoms with Crippen LogP contribution in [0.1, 0.15) is 45.6 Å². The van der Waals surface area contributed by atoms with Crippen molar-refractivity contribution in [1.82, 2.24) is 0 Å². The molecule has 0 spiro atoms. The van der Waals surface area contributed by atoms with Gasteiger partial charge in [0.2, 0.25) is 0 Å². The van der Waals surface area contributed by atoms with Gasteiger partial charge in [0.25, 0.3) is 0 Å². The van der Waals surface area contributed by atoms with Gasteiger partial charge in [-0.15, -0.1) is 0 Å². The van der Waals surface area contributed by atoms with Gasteiger partial charge in [-0.3, -0.25) is 0 Å². The van der Waals surface area contributed by atoms with Gasteiger partial charge in [0.05, 0.1) is 0 Å². The quantitative estimate of drug-likeness (QED) is 0.909. The van der Waals surface area contributed by atoms with Gasteiger partial charge in [-0.25, -0.2) is 4.39 Å². The third kappa shape index (κ3) is 3.51. The molecule has 2 nitrogen and oxygen atoms in total. The summed E-state index contributed by atoms with van der Waals surface area (Å²) < 4.78 is 14.2. The Labute approximate surface area is 122 Å². The van der Waals surface area contributed by atoms with Crippen LogP contribution in [0.15, 0.2) is 18.2 Å². The maximum atomic E-state index is 14.2. The zero-order valence-corrected chi connectivity index (χ0v) is 13.0. The first kappa shape index (κ1) is 15.3. The summed E-state index contributed by atoms with van der Waals surface area (Å²) in [6, 6.07) is 5.44. The van der Waals surface area contributed by atoms with Gasteiger partial charge >= 0.3 is 0 Å². The molecule has 0 amide bonds. The fraction of sp³-hybridized carbons (Fsp3) is 0.647. The number of nitrogens with zero attached hydrogens (tertiary/aromatic N) is 1. The summed E-state index contributed by atoms with van der Waals surface area (Å²) in [6.07, 6.45) is 3.81. The molecule has 1 atom stereocenters. The van der Waals surface area contributed by atoms with Crippen LogP contribution in [0, 0.1) is 11.2 Å². The topological polar surface area (TPSA) is 29.3 Å². The van der Waals surface area contributed by atoms with E-state index in [2.05, 4.69) is 25.7 Å². The van der Waals surface area contributed by atoms with Crippen molar-refractivity contribution in [2.24, 2.45) is 11.1 Å². The van der Waals surface area contributed by atoms with Gasteiger partial charge in [-0.1, -0.05) is 26.8 Å². The third-order valence-electron chi connectivity index (χ3n) is 4.54. The van der Waals surface area contributed by atoms with Crippen molar-refractivity contribution in [3.8, 4) is 0 Å². The number of anilines is 1. The predicted molar refractivity (Wildman–Crippen MR) is 83.6 cm³/mol. The standard InChI is InChI=1S/C17H27FN2/c1-4-13(19)12-14-15(18)6-5-7-16(14)20-10-8-17(2,3)9-11-20/h5-7,13H,4,8-12,19H2,1-3H3. The van der Waals surface area contributed by atoms with Crippen LogP contribution in [0.5, 0.6) is 0 Å². The van der Waals surface area contributed by atoms with E-state index in [1.54, 1.807) is 6.07 Å². The molecule has 112 valence electrons. The van der Waals surface area contributed by atoms with E-state index >= 15 is 0 Å². The largest absolute Gasteiger partial charge is 0.371 e. The highest BCUT2D eigenvalue weighted by Gasteiger charge is 2.27. The summed E-state index contributed by atoms with van der Waals surface area (Å²) in [4.78, 5) is 2.33. The first-order valence-corrected chi connectivity index (χ1v) is 7.71. The van der Waals surface area contributed by atoms with Gasteiger partial charge in [0, 0.05) is 30.4 Å². The molecule has 1 unspecified atom stereocenters. The molecule has 2 rings (SSSR count). The van der Waals surface area contributed by atoms with E-state index in [0.29, 0.717) is 11.8 Å². The van der Waals surface area contributed by atoms with E-state index in [4.69, 9.17) is 5.73 Å². The molecule has 0 aliphatic carbocycles. The summed E-state index contributed by atoms with van der Waals surface area (Å²) in [5.74, 6) is -0.115. The Balaban J connectivity index is 2.21. The lowest BCUT2D eigenvalue weighted by molar-refractivity contribution is 0.279. The first-order valence-electron chi connectivity index (χ1n) is 7.71. The lowest BCUT2D eigenvalue weighted by Crippen LogP contribution is -2.38. The second-order valence-electron chi connectivity index (χ2n) is 6.76. The second kappa shape index (κ2) is 6.13. The SMILES string of the molecule is CCC(N)Cc1c(F)cccc1N1CCC(C)(C)CC1. The Kier molecular flexibility index (Phi) is 4.69. The highest BCUT2D eigenvalue weighted by Crippen LogP contribution is 2.34. The minimum atomic E-state index is -0.115. The van der Waals surface area contributed by atoms with Crippen LogP contribution in [-0.2, 0) is 6.42 Å². The fourth-order valence-electron chi connectivity index (χ4n) is 2.81. The molecular weight excluding hydrogens is 251 g/mol. The smallest absolute Gasteiger partial charge is 0.128 e. The molecule has 1 heterocycles. The Morgan fingerprint density at radius 2 is 1.95 bits per heavy atom. The minimum Gasteiger partial charge on any atom is -0.371 e. The lowest BCUT2D eigenvalue weighted by Gasteiger charge is -2.39. The highest BCUT2D eigenvalue weighted by atomic mass is 19.1. The lowest BCUT2D eigenvalue weighted by atomic mass is 9.82. The molecule has 1 aliphatic heterocycles. The van der Waals surface area contributed by atoms with Crippen LogP contribution in [-0.4, -0.2) is 19.1 Å². The maximum Gasteiger partial charge on any atom is 0.128 e. The summed E-state index contributed by atoms with van der Waals surface area (Å²) in [7, 11) is 0. The summed E-state index contributed by atoms with van der Waals surface area (Å²) in [5, 5.41) is 0. The van der Waals surface area contributed by atoms with Crippen molar-refractivity contribution < 1.29 is 4.39 Å². The molecule has 0 bridgehead atoms. The second-order valence-corrected chi connectivity index (χ2v) is 6.76. The molecule has 1 aliphatic rings. The average Bonchev–Trinajstić information content (AvgIpc) is 2.41. The summed E-state index contributed by atoms with van der Waals surface area (Å²) >= 11 is 0. The van der Waals surface area contributed by atoms with Crippen LogP contribution in [0.2, 0.25) is 0 Å². The molecule has 1 saturated heterocycles. The van der Waals surface area contributed by atoms with Crippen LogP contribution in [0.3, 0.4) is 0 Å². The summed E-state index contributed by atoms with van der Waals surface area (Å²) in [5.41, 5.74) is 8.28. The number of hydrogen-bond donors (Lipinski definition) is 1. The van der Waals surface area contributed by atoms with Crippen LogP contribution in [0.25, 0.3) is 0 Å². The maximum absolute atomic E-state index is 14.2. The van der Waals surface area contributed by atoms with Crippen LogP contribution >= 0.6 is 0 Å². The van der Waals surface area contributed by atoms with E-state index in [1.165, 1.54) is 0 Å². The molecule has 1 fully saturated rings. The monoisotopic (exact) mass is 278 g/mol. The van der Waals surface area contributed by atoms with Gasteiger partial charge in [-0.05, 0) is 43.2 Å². The molecule has 0 aromatic heterocycles. The van der Waals surface area contributed by atoms with Crippen molar-refractivity contribution in [2.45, 2.75) is 52.5 Å². The Bertz CT molecular complexity index is 446. The molecule has 20 heavy (non-hydrogen) atoms. The van der Waals surface area contributed by atoms with Crippen LogP contribution in [0.4, 0.5) is 10.1 Å². The Morgan fingerprint density at radius 1 is 1.30 bits per heavy atom. The fourth-order valence-corrected chi connectivity index (χ4v) is 2.81. The normalized spacial score (nSPS) is 19.9. The van der Waals surface area contributed by atoms with E-state index in [-0.39, 0.29) is 11.9 Å². The van der Waals surface area contributed by atoms with Gasteiger partial charge in [0.1, 0.15) is 5.82 Å². The molecule has 1 aromatic carbocycles. The number of rotatable bonds is 4. The molecule has 1 aromatic rings. The molecule has 2 N–H and O–H groups in total. The zero-order chi connectivity index (χ0) is 14.8. The zero-order valence-electron chi connectivity index (χ0n) is 13.0. The van der Waals surface area contributed by atoms with Crippen LogP contribution < -0.4 is 10.6 Å². The summed E-state index contributed by atoms with van der Waals surface area (Å²) in [6.45, 7) is 8.68. The molecule has 0 saturated carbocycles. The van der Waals surface area contributed by atoms with Crippen molar-refractivity contribution in [3.05, 3.63) is 29.6 Å². The number of benzene rings is 1. The third-order valence-corrected chi connectivity index (χ3v) is 4.54. The highest BCUT2D eigenvalue weighted by molar-refractivity contribution is 5.55. The Morgan fingerprint density at radius 3 is 2.55 bits per heavy atom. The minimum absolute atomic E-state index is 0.0341. The van der Waals surface area contributed by atoms with Gasteiger partial charge < -0.3 is 10.6 Å². The van der Waals surface area contributed by atoms with E-state index in [0.717, 1.165) is 43.6 Å². The van der Waals surface area contributed by atoms with Crippen molar-refractivity contribution >= 4 is 5.69 Å². The molecule has 0 radical (unpaired) electrons. The van der Waals surface area contributed by atoms with Gasteiger partial charge in [0.15, 0.2) is 0 Å². The van der Waals surface area contributed by atoms with Crippen molar-refractivity contribution in [3.63, 3.8) is 0 Å².